The van der Waals surface area contributed by atoms with E-state index in [1.807, 2.05) is 32.6 Å². The van der Waals surface area contributed by atoms with Crippen molar-refractivity contribution in [2.45, 2.75) is 108 Å². The topological polar surface area (TPSA) is 121 Å². The van der Waals surface area contributed by atoms with Crippen molar-refractivity contribution >= 4 is 22.6 Å². The third-order valence-corrected chi connectivity index (χ3v) is 10.5. The molecule has 8 rings (SSSR count). The van der Waals surface area contributed by atoms with E-state index >= 15 is 4.39 Å². The predicted molar refractivity (Wildman–Crippen MR) is 163 cm³/mol. The molecule has 6 fully saturated rings. The van der Waals surface area contributed by atoms with Crippen molar-refractivity contribution in [1.29, 1.82) is 0 Å². The molecule has 5 aliphatic heterocycles. The smallest absolute Gasteiger partial charge is 0.341 e. The van der Waals surface area contributed by atoms with Crippen LogP contribution in [0.4, 0.5) is 10.1 Å². The van der Waals surface area contributed by atoms with Crippen LogP contribution < -0.4 is 15.1 Å². The van der Waals surface area contributed by atoms with Gasteiger partial charge in [-0.1, -0.05) is 0 Å². The average molecular weight is 644 g/mol. The van der Waals surface area contributed by atoms with E-state index in [2.05, 4.69) is 4.90 Å². The molecule has 250 valence electrons. The Hall–Kier alpha value is -2.81. The lowest BCUT2D eigenvalue weighted by molar-refractivity contribution is -0.238. The Labute approximate surface area is 266 Å². The molecule has 12 nitrogen and oxygen atoms in total. The number of aromatic nitrogens is 1. The fourth-order valence-corrected chi connectivity index (χ4v) is 8.48. The van der Waals surface area contributed by atoms with Crippen LogP contribution in [0.5, 0.6) is 5.75 Å². The zero-order valence-electron chi connectivity index (χ0n) is 26.9. The largest absolute Gasteiger partial charge is 0.492 e. The maximum Gasteiger partial charge on any atom is 0.341 e. The molecule has 46 heavy (non-hydrogen) atoms. The highest BCUT2D eigenvalue weighted by Gasteiger charge is 2.61. The normalized spacial score (nSPS) is 34.8. The molecule has 0 amide bonds. The van der Waals surface area contributed by atoms with Gasteiger partial charge in [-0.2, -0.15) is 0 Å². The number of hydrogen-bond donors (Lipinski definition) is 1. The molecule has 0 radical (unpaired) electrons. The minimum absolute atomic E-state index is 0.0217. The van der Waals surface area contributed by atoms with Gasteiger partial charge in [0.2, 0.25) is 5.43 Å². The van der Waals surface area contributed by atoms with Gasteiger partial charge in [0.15, 0.2) is 29.4 Å². The van der Waals surface area contributed by atoms with E-state index in [0.29, 0.717) is 30.8 Å². The fraction of sp³-hybridized carbons (Fsp3) is 0.697. The zero-order valence-corrected chi connectivity index (χ0v) is 26.9. The van der Waals surface area contributed by atoms with Crippen LogP contribution in [0.15, 0.2) is 17.1 Å². The second-order valence-corrected chi connectivity index (χ2v) is 14.5. The van der Waals surface area contributed by atoms with E-state index in [1.165, 1.54) is 19.4 Å². The molecule has 7 atom stereocenters. The summed E-state index contributed by atoms with van der Waals surface area (Å²) in [5.74, 6) is -2.96. The Morgan fingerprint density at radius 1 is 1.04 bits per heavy atom. The van der Waals surface area contributed by atoms with Gasteiger partial charge in [-0.3, -0.25) is 9.69 Å². The third-order valence-electron chi connectivity index (χ3n) is 10.5. The van der Waals surface area contributed by atoms with E-state index in [9.17, 15) is 14.7 Å². The molecule has 13 heteroatoms. The van der Waals surface area contributed by atoms with Crippen molar-refractivity contribution in [2.75, 3.05) is 38.2 Å². The average Bonchev–Trinajstić information content (AvgIpc) is 3.52. The quantitative estimate of drug-likeness (QED) is 0.498. The number of piperidine rings is 1. The fourth-order valence-electron chi connectivity index (χ4n) is 8.48. The van der Waals surface area contributed by atoms with Crippen LogP contribution >= 0.6 is 0 Å². The molecule has 1 aliphatic carbocycles. The number of methoxy groups -OCH3 is 1. The summed E-state index contributed by atoms with van der Waals surface area (Å²) in [7, 11) is 1.48. The number of pyridine rings is 1. The molecule has 1 aromatic carbocycles. The number of ether oxygens (including phenoxy) is 6. The van der Waals surface area contributed by atoms with E-state index < -0.39 is 41.2 Å². The Bertz CT molecular complexity index is 1640. The summed E-state index contributed by atoms with van der Waals surface area (Å²) in [4.78, 5) is 29.5. The van der Waals surface area contributed by atoms with Gasteiger partial charge in [0, 0.05) is 37.9 Å². The lowest BCUT2D eigenvalue weighted by Crippen LogP contribution is -2.59. The van der Waals surface area contributed by atoms with Gasteiger partial charge in [0.1, 0.15) is 35.7 Å². The summed E-state index contributed by atoms with van der Waals surface area (Å²) in [5.41, 5.74) is -0.319. The van der Waals surface area contributed by atoms with Gasteiger partial charge in [-0.05, 0) is 71.9 Å². The SMILES string of the molecule is COc1c(N2C[C@@H]3CCCN(C[C@H]4O[C@@H]5OC(C)(C)O[C@@H]5[C@H]5OC(C)(C)O[C@H]54)[C@@H]3C2)c(F)cc2c(=O)c(C(=O)O)cn(C3CC3)c12. The lowest BCUT2D eigenvalue weighted by Gasteiger charge is -2.43. The molecule has 2 aromatic rings. The number of nitrogens with zero attached hydrogens (tertiary/aromatic N) is 3. The molecule has 0 bridgehead atoms. The Kier molecular flexibility index (Phi) is 7.03. The number of fused-ring (bicyclic) bond motifs is 5. The maximum absolute atomic E-state index is 16.1. The highest BCUT2D eigenvalue weighted by atomic mass is 19.1. The predicted octanol–water partition coefficient (Wildman–Crippen LogP) is 3.48. The first-order valence-corrected chi connectivity index (χ1v) is 16.4. The van der Waals surface area contributed by atoms with Crippen LogP contribution in [0.2, 0.25) is 0 Å². The Morgan fingerprint density at radius 2 is 1.76 bits per heavy atom. The number of anilines is 1. The first kappa shape index (κ1) is 30.5. The van der Waals surface area contributed by atoms with Crippen LogP contribution in [-0.4, -0.2) is 102 Å². The van der Waals surface area contributed by atoms with E-state index in [-0.39, 0.29) is 53.0 Å². The maximum atomic E-state index is 16.1. The van der Waals surface area contributed by atoms with Gasteiger partial charge < -0.3 is 43.0 Å². The number of aromatic carboxylic acids is 1. The number of carboxylic acid groups (broad SMARTS) is 1. The van der Waals surface area contributed by atoms with Crippen LogP contribution in [-0.2, 0) is 23.7 Å². The minimum Gasteiger partial charge on any atom is -0.492 e. The zero-order chi connectivity index (χ0) is 32.3. The van der Waals surface area contributed by atoms with Gasteiger partial charge in [-0.15, -0.1) is 0 Å². The van der Waals surface area contributed by atoms with Gasteiger partial charge >= 0.3 is 5.97 Å². The van der Waals surface area contributed by atoms with E-state index in [4.69, 9.17) is 28.4 Å². The minimum atomic E-state index is -1.33. The molecule has 1 N–H and O–H groups in total. The lowest BCUT2D eigenvalue weighted by atomic mass is 9.90. The molecule has 1 aromatic heterocycles. The number of halogens is 1. The van der Waals surface area contributed by atoms with Crippen molar-refractivity contribution in [2.24, 2.45) is 5.92 Å². The van der Waals surface area contributed by atoms with Gasteiger partial charge in [-0.25, -0.2) is 9.18 Å². The third kappa shape index (κ3) is 4.93. The summed E-state index contributed by atoms with van der Waals surface area (Å²) in [6, 6.07) is 1.36. The van der Waals surface area contributed by atoms with Crippen molar-refractivity contribution in [3.8, 4) is 5.75 Å². The molecular weight excluding hydrogens is 601 g/mol. The van der Waals surface area contributed by atoms with Crippen molar-refractivity contribution < 1.29 is 42.7 Å². The van der Waals surface area contributed by atoms with Crippen LogP contribution in [0.1, 0.15) is 69.8 Å². The molecule has 1 saturated carbocycles. The number of hydrogen-bond acceptors (Lipinski definition) is 10. The van der Waals surface area contributed by atoms with Gasteiger partial charge in [0.05, 0.1) is 18.0 Å². The van der Waals surface area contributed by atoms with E-state index in [0.717, 1.165) is 32.2 Å². The molecule has 0 spiro atoms. The van der Waals surface area contributed by atoms with Gasteiger partial charge in [0.25, 0.3) is 0 Å². The highest BCUT2D eigenvalue weighted by molar-refractivity contribution is 5.97. The van der Waals surface area contributed by atoms with Crippen LogP contribution in [0.3, 0.4) is 0 Å². The number of rotatable bonds is 6. The second-order valence-electron chi connectivity index (χ2n) is 14.5. The first-order valence-electron chi connectivity index (χ1n) is 16.4. The molecule has 0 unspecified atom stereocenters. The van der Waals surface area contributed by atoms with E-state index in [1.54, 1.807) is 4.57 Å². The Balaban J connectivity index is 1.10. The van der Waals surface area contributed by atoms with Crippen LogP contribution in [0, 0.1) is 11.7 Å². The highest BCUT2D eigenvalue weighted by Crippen LogP contribution is 2.47. The molecular formula is C33H42FN3O9. The number of carboxylic acids is 1. The summed E-state index contributed by atoms with van der Waals surface area (Å²) in [6.45, 7) is 10.2. The summed E-state index contributed by atoms with van der Waals surface area (Å²) in [6.07, 6.45) is 3.14. The second kappa shape index (κ2) is 10.6. The van der Waals surface area contributed by atoms with Crippen molar-refractivity contribution in [3.05, 3.63) is 33.9 Å². The van der Waals surface area contributed by atoms with Crippen molar-refractivity contribution in [3.63, 3.8) is 0 Å². The molecule has 5 saturated heterocycles. The summed E-state index contributed by atoms with van der Waals surface area (Å²) < 4.78 is 55.4. The summed E-state index contributed by atoms with van der Waals surface area (Å²) in [5, 5.41) is 9.71. The summed E-state index contributed by atoms with van der Waals surface area (Å²) >= 11 is 0. The molecule has 6 heterocycles. The Morgan fingerprint density at radius 3 is 2.48 bits per heavy atom. The van der Waals surface area contributed by atoms with Crippen LogP contribution in [0.25, 0.3) is 10.9 Å². The number of carbonyl (C=O) groups is 1. The standard InChI is InChI=1S/C33H42FN3O9/c1-32(2)43-26-22(42-31-29(28(26)44-32)45-33(3,4)46-31)15-35-10-6-7-16-12-36(14-21(16)35)24-20(34)11-18-23(27(24)41-5)37(17-8-9-17)13-19(25(18)38)30(39)40/h11,13,16-17,21-22,26,28-29,31H,6-10,12,14-15H2,1-5H3,(H,39,40)/t16-,21+,22+,26-,28-,29+,31+/m0/s1. The number of likely N-dealkylation sites (tertiary alicyclic amines) is 1. The molecule has 6 aliphatic rings. The number of benzene rings is 1. The van der Waals surface area contributed by atoms with Crippen molar-refractivity contribution in [1.82, 2.24) is 9.47 Å². The monoisotopic (exact) mass is 643 g/mol. The first-order chi connectivity index (χ1) is 21.8.